The zero-order valence-electron chi connectivity index (χ0n) is 13.0. The largest absolute Gasteiger partial charge is 0.445 e. The Kier molecular flexibility index (Phi) is 6.01. The number of nitrogens with two attached hydrogens (primary N) is 1. The SMILES string of the molecule is Cc1ccc(N)c(C#CCCNC(=O)OCc2ccccc2)n1. The molecule has 0 aliphatic heterocycles. The molecule has 1 heterocycles. The number of carbonyl (C=O) groups is 1. The molecule has 0 fully saturated rings. The van der Waals surface area contributed by atoms with Crippen LogP contribution in [0.4, 0.5) is 10.5 Å². The van der Waals surface area contributed by atoms with Crippen molar-refractivity contribution in [2.45, 2.75) is 20.0 Å². The lowest BCUT2D eigenvalue weighted by Crippen LogP contribution is -2.24. The Hall–Kier alpha value is -3.00. The predicted molar refractivity (Wildman–Crippen MR) is 89.5 cm³/mol. The minimum atomic E-state index is -0.455. The molecule has 0 aliphatic rings. The Bertz CT molecular complexity index is 718. The summed E-state index contributed by atoms with van der Waals surface area (Å²) in [5.41, 5.74) is 8.73. The minimum Gasteiger partial charge on any atom is -0.445 e. The van der Waals surface area contributed by atoms with Gasteiger partial charge in [-0.3, -0.25) is 0 Å². The highest BCUT2D eigenvalue weighted by atomic mass is 16.5. The van der Waals surface area contributed by atoms with Crippen molar-refractivity contribution in [2.24, 2.45) is 0 Å². The summed E-state index contributed by atoms with van der Waals surface area (Å²) < 4.78 is 5.10. The number of carbonyl (C=O) groups excluding carboxylic acids is 1. The van der Waals surface area contributed by atoms with Crippen LogP contribution in [0.3, 0.4) is 0 Å². The van der Waals surface area contributed by atoms with Gasteiger partial charge in [0.2, 0.25) is 0 Å². The first-order valence-corrected chi connectivity index (χ1v) is 7.31. The van der Waals surface area contributed by atoms with Crippen molar-refractivity contribution in [3.05, 3.63) is 59.4 Å². The molecule has 3 N–H and O–H groups in total. The molecule has 0 atom stereocenters. The second-order valence-corrected chi connectivity index (χ2v) is 4.93. The fourth-order valence-electron chi connectivity index (χ4n) is 1.82. The molecule has 0 spiro atoms. The number of hydrogen-bond donors (Lipinski definition) is 2. The van der Waals surface area contributed by atoms with Gasteiger partial charge < -0.3 is 15.8 Å². The topological polar surface area (TPSA) is 77.2 Å². The van der Waals surface area contributed by atoms with Gasteiger partial charge in [-0.2, -0.15) is 0 Å². The van der Waals surface area contributed by atoms with E-state index in [0.717, 1.165) is 11.3 Å². The summed E-state index contributed by atoms with van der Waals surface area (Å²) in [6, 6.07) is 13.1. The van der Waals surface area contributed by atoms with Crippen LogP contribution in [-0.2, 0) is 11.3 Å². The van der Waals surface area contributed by atoms with E-state index < -0.39 is 6.09 Å². The van der Waals surface area contributed by atoms with E-state index in [2.05, 4.69) is 22.1 Å². The fourth-order valence-corrected chi connectivity index (χ4v) is 1.82. The number of nitrogens with zero attached hydrogens (tertiary/aromatic N) is 1. The third kappa shape index (κ3) is 5.71. The van der Waals surface area contributed by atoms with E-state index >= 15 is 0 Å². The molecule has 2 aromatic rings. The lowest BCUT2D eigenvalue weighted by atomic mass is 10.2. The van der Waals surface area contributed by atoms with E-state index in [0.29, 0.717) is 24.3 Å². The number of amides is 1. The summed E-state index contributed by atoms with van der Waals surface area (Å²) in [6.07, 6.45) is 0.0408. The maximum absolute atomic E-state index is 11.5. The monoisotopic (exact) mass is 309 g/mol. The van der Waals surface area contributed by atoms with E-state index in [4.69, 9.17) is 10.5 Å². The van der Waals surface area contributed by atoms with Crippen molar-refractivity contribution in [3.63, 3.8) is 0 Å². The molecule has 118 valence electrons. The molecule has 0 saturated heterocycles. The maximum Gasteiger partial charge on any atom is 0.407 e. The zero-order valence-corrected chi connectivity index (χ0v) is 13.0. The van der Waals surface area contributed by atoms with Crippen molar-refractivity contribution in [1.82, 2.24) is 10.3 Å². The molecule has 1 aromatic carbocycles. The molecule has 5 nitrogen and oxygen atoms in total. The number of nitrogen functional groups attached to an aromatic ring is 1. The summed E-state index contributed by atoms with van der Waals surface area (Å²) >= 11 is 0. The first-order valence-electron chi connectivity index (χ1n) is 7.31. The number of alkyl carbamates (subject to hydrolysis) is 1. The Morgan fingerprint density at radius 2 is 2.04 bits per heavy atom. The Labute approximate surface area is 135 Å². The average molecular weight is 309 g/mol. The number of anilines is 1. The Balaban J connectivity index is 1.70. The van der Waals surface area contributed by atoms with Gasteiger partial charge in [-0.15, -0.1) is 0 Å². The standard InChI is InChI=1S/C18H19N3O2/c1-14-10-11-16(19)17(21-14)9-5-6-12-20-18(22)23-13-15-7-3-2-4-8-15/h2-4,7-8,10-11H,6,12-13,19H2,1H3,(H,20,22). The lowest BCUT2D eigenvalue weighted by Gasteiger charge is -2.05. The number of ether oxygens (including phenoxy) is 1. The van der Waals surface area contributed by atoms with E-state index in [9.17, 15) is 4.79 Å². The molecule has 0 bridgehead atoms. The molecular formula is C18H19N3O2. The quantitative estimate of drug-likeness (QED) is 0.672. The highest BCUT2D eigenvalue weighted by Gasteiger charge is 2.01. The molecule has 0 unspecified atom stereocenters. The summed E-state index contributed by atoms with van der Waals surface area (Å²) in [5, 5.41) is 2.65. The molecule has 5 heteroatoms. The third-order valence-corrected chi connectivity index (χ3v) is 3.00. The van der Waals surface area contributed by atoms with Crippen LogP contribution in [0.15, 0.2) is 42.5 Å². The van der Waals surface area contributed by atoms with Gasteiger partial charge in [0.15, 0.2) is 0 Å². The summed E-state index contributed by atoms with van der Waals surface area (Å²) in [4.78, 5) is 15.8. The summed E-state index contributed by atoms with van der Waals surface area (Å²) in [5.74, 6) is 5.84. The fraction of sp³-hybridized carbons (Fsp3) is 0.222. The molecule has 0 radical (unpaired) electrons. The second-order valence-electron chi connectivity index (χ2n) is 4.93. The van der Waals surface area contributed by atoms with Crippen molar-refractivity contribution in [2.75, 3.05) is 12.3 Å². The van der Waals surface area contributed by atoms with Crippen LogP contribution in [0.2, 0.25) is 0 Å². The van der Waals surface area contributed by atoms with Crippen LogP contribution in [0.25, 0.3) is 0 Å². The number of benzene rings is 1. The lowest BCUT2D eigenvalue weighted by molar-refractivity contribution is 0.140. The highest BCUT2D eigenvalue weighted by Crippen LogP contribution is 2.07. The Morgan fingerprint density at radius 1 is 1.26 bits per heavy atom. The smallest absolute Gasteiger partial charge is 0.407 e. The second kappa shape index (κ2) is 8.44. The van der Waals surface area contributed by atoms with Gasteiger partial charge >= 0.3 is 6.09 Å². The zero-order chi connectivity index (χ0) is 16.5. The van der Waals surface area contributed by atoms with E-state index in [1.54, 1.807) is 6.07 Å². The Morgan fingerprint density at radius 3 is 2.83 bits per heavy atom. The molecule has 0 saturated carbocycles. The number of nitrogens with one attached hydrogen (secondary N) is 1. The van der Waals surface area contributed by atoms with Gasteiger partial charge in [-0.1, -0.05) is 36.3 Å². The minimum absolute atomic E-state index is 0.252. The highest BCUT2D eigenvalue weighted by molar-refractivity contribution is 5.67. The van der Waals surface area contributed by atoms with Crippen LogP contribution in [0.5, 0.6) is 0 Å². The van der Waals surface area contributed by atoms with E-state index in [1.165, 1.54) is 0 Å². The van der Waals surface area contributed by atoms with Crippen LogP contribution in [-0.4, -0.2) is 17.6 Å². The number of aryl methyl sites for hydroxylation is 1. The van der Waals surface area contributed by atoms with Crippen molar-refractivity contribution >= 4 is 11.8 Å². The van der Waals surface area contributed by atoms with Crippen molar-refractivity contribution < 1.29 is 9.53 Å². The normalized spacial score (nSPS) is 9.61. The van der Waals surface area contributed by atoms with Crippen LogP contribution >= 0.6 is 0 Å². The van der Waals surface area contributed by atoms with Gasteiger partial charge in [-0.25, -0.2) is 9.78 Å². The molecule has 23 heavy (non-hydrogen) atoms. The van der Waals surface area contributed by atoms with Gasteiger partial charge in [0.1, 0.15) is 12.3 Å². The van der Waals surface area contributed by atoms with E-state index in [1.807, 2.05) is 43.3 Å². The maximum atomic E-state index is 11.5. The molecule has 2 rings (SSSR count). The van der Waals surface area contributed by atoms with Crippen LogP contribution in [0, 0.1) is 18.8 Å². The summed E-state index contributed by atoms with van der Waals surface area (Å²) in [7, 11) is 0. The number of pyridine rings is 1. The number of aromatic nitrogens is 1. The van der Waals surface area contributed by atoms with Crippen LogP contribution < -0.4 is 11.1 Å². The average Bonchev–Trinajstić information content (AvgIpc) is 2.56. The van der Waals surface area contributed by atoms with Gasteiger partial charge in [0, 0.05) is 18.7 Å². The molecule has 0 aliphatic carbocycles. The summed E-state index contributed by atoms with van der Waals surface area (Å²) in [6.45, 7) is 2.54. The van der Waals surface area contributed by atoms with Crippen molar-refractivity contribution in [1.29, 1.82) is 0 Å². The van der Waals surface area contributed by atoms with Crippen molar-refractivity contribution in [3.8, 4) is 11.8 Å². The van der Waals surface area contributed by atoms with Gasteiger partial charge in [0.25, 0.3) is 0 Å². The molecule has 1 amide bonds. The first kappa shape index (κ1) is 16.4. The number of rotatable bonds is 4. The molecule has 1 aromatic heterocycles. The van der Waals surface area contributed by atoms with Gasteiger partial charge in [0.05, 0.1) is 5.69 Å². The first-order chi connectivity index (χ1) is 11.1. The van der Waals surface area contributed by atoms with Gasteiger partial charge in [-0.05, 0) is 30.5 Å². The number of hydrogen-bond acceptors (Lipinski definition) is 4. The van der Waals surface area contributed by atoms with Crippen LogP contribution in [0.1, 0.15) is 23.4 Å². The predicted octanol–water partition coefficient (Wildman–Crippen LogP) is 2.64. The van der Waals surface area contributed by atoms with E-state index in [-0.39, 0.29) is 6.61 Å². The molecular weight excluding hydrogens is 290 g/mol. The third-order valence-electron chi connectivity index (χ3n) is 3.00.